The maximum absolute atomic E-state index is 12.4. The van der Waals surface area contributed by atoms with Gasteiger partial charge in [0.1, 0.15) is 5.75 Å². The van der Waals surface area contributed by atoms with Crippen LogP contribution in [0, 0.1) is 6.92 Å². The van der Waals surface area contributed by atoms with Crippen LogP contribution in [-0.2, 0) is 4.79 Å². The van der Waals surface area contributed by atoms with Gasteiger partial charge in [0, 0.05) is 27.1 Å². The number of halogens is 1. The summed E-state index contributed by atoms with van der Waals surface area (Å²) in [5, 5.41) is 4.09. The molecule has 0 radical (unpaired) electrons. The van der Waals surface area contributed by atoms with E-state index in [1.54, 1.807) is 6.08 Å². The molecule has 0 atom stereocenters. The zero-order valence-electron chi connectivity index (χ0n) is 16.4. The Bertz CT molecular complexity index is 996. The van der Waals surface area contributed by atoms with Crippen LogP contribution in [0.2, 0.25) is 5.02 Å². The summed E-state index contributed by atoms with van der Waals surface area (Å²) >= 11 is 7.40. The molecule has 1 amide bonds. The van der Waals surface area contributed by atoms with Crippen molar-refractivity contribution < 1.29 is 9.53 Å². The second-order valence-electron chi connectivity index (χ2n) is 6.49. The molecule has 0 saturated heterocycles. The summed E-state index contributed by atoms with van der Waals surface area (Å²) in [6, 6.07) is 15.2. The van der Waals surface area contributed by atoms with Crippen molar-refractivity contribution in [3.8, 4) is 17.0 Å². The van der Waals surface area contributed by atoms with Gasteiger partial charge in [-0.25, -0.2) is 4.98 Å². The van der Waals surface area contributed by atoms with E-state index in [1.165, 1.54) is 17.4 Å². The van der Waals surface area contributed by atoms with Gasteiger partial charge in [0.2, 0.25) is 5.91 Å². The first-order valence-electron chi connectivity index (χ1n) is 9.51. The van der Waals surface area contributed by atoms with Crippen LogP contribution in [0.4, 0.5) is 5.13 Å². The van der Waals surface area contributed by atoms with E-state index in [4.69, 9.17) is 16.3 Å². The summed E-state index contributed by atoms with van der Waals surface area (Å²) < 4.78 is 5.80. The second-order valence-corrected chi connectivity index (χ2v) is 8.13. The number of para-hydroxylation sites is 1. The molecule has 1 N–H and O–H groups in total. The van der Waals surface area contributed by atoms with Crippen LogP contribution in [-0.4, -0.2) is 17.5 Å². The Labute approximate surface area is 180 Å². The Morgan fingerprint density at radius 2 is 1.97 bits per heavy atom. The molecule has 1 aromatic heterocycles. The highest BCUT2D eigenvalue weighted by molar-refractivity contribution is 7.16. The van der Waals surface area contributed by atoms with E-state index < -0.39 is 0 Å². The number of aryl methyl sites for hydroxylation is 1. The molecule has 150 valence electrons. The Hall–Kier alpha value is -2.63. The van der Waals surface area contributed by atoms with Gasteiger partial charge in [-0.2, -0.15) is 0 Å². The molecule has 1 heterocycles. The standard InChI is InChI=1S/C23H23ClN2O2S/c1-3-4-15-28-20-8-6-5-7-17(20)11-14-21(27)25-23-26-22(16(2)29-23)18-9-12-19(24)13-10-18/h5-14H,3-4,15H2,1-2H3,(H,25,26,27)/b14-11+. The molecule has 0 aliphatic carbocycles. The lowest BCUT2D eigenvalue weighted by Gasteiger charge is -2.08. The minimum atomic E-state index is -0.232. The van der Waals surface area contributed by atoms with Crippen molar-refractivity contribution in [2.45, 2.75) is 26.7 Å². The van der Waals surface area contributed by atoms with Crippen molar-refractivity contribution in [1.82, 2.24) is 4.98 Å². The van der Waals surface area contributed by atoms with E-state index in [0.717, 1.165) is 40.3 Å². The van der Waals surface area contributed by atoms with Gasteiger partial charge in [0.15, 0.2) is 5.13 Å². The summed E-state index contributed by atoms with van der Waals surface area (Å²) in [6.45, 7) is 4.77. The van der Waals surface area contributed by atoms with Gasteiger partial charge in [-0.05, 0) is 37.6 Å². The SMILES string of the molecule is CCCCOc1ccccc1/C=C/C(=O)Nc1nc(-c2ccc(Cl)cc2)c(C)s1. The summed E-state index contributed by atoms with van der Waals surface area (Å²) in [6.07, 6.45) is 5.33. The smallest absolute Gasteiger partial charge is 0.250 e. The summed E-state index contributed by atoms with van der Waals surface area (Å²) in [7, 11) is 0. The van der Waals surface area contributed by atoms with E-state index in [1.807, 2.05) is 55.5 Å². The van der Waals surface area contributed by atoms with Crippen LogP contribution in [0.3, 0.4) is 0 Å². The molecule has 0 spiro atoms. The van der Waals surface area contributed by atoms with Crippen molar-refractivity contribution in [2.24, 2.45) is 0 Å². The molecule has 4 nitrogen and oxygen atoms in total. The number of amides is 1. The highest BCUT2D eigenvalue weighted by atomic mass is 35.5. The molecular weight excluding hydrogens is 404 g/mol. The molecule has 0 unspecified atom stereocenters. The minimum Gasteiger partial charge on any atom is -0.493 e. The molecule has 0 saturated carbocycles. The second kappa shape index (κ2) is 10.2. The highest BCUT2D eigenvalue weighted by Crippen LogP contribution is 2.31. The van der Waals surface area contributed by atoms with Crippen molar-refractivity contribution in [1.29, 1.82) is 0 Å². The Kier molecular flexibility index (Phi) is 7.44. The van der Waals surface area contributed by atoms with Gasteiger partial charge < -0.3 is 4.74 Å². The number of carbonyl (C=O) groups is 1. The number of nitrogens with zero attached hydrogens (tertiary/aromatic N) is 1. The first-order valence-corrected chi connectivity index (χ1v) is 10.7. The fourth-order valence-electron chi connectivity index (χ4n) is 2.71. The number of hydrogen-bond donors (Lipinski definition) is 1. The number of rotatable bonds is 8. The lowest BCUT2D eigenvalue weighted by molar-refractivity contribution is -0.111. The average Bonchev–Trinajstić information content (AvgIpc) is 3.08. The fourth-order valence-corrected chi connectivity index (χ4v) is 3.68. The molecule has 29 heavy (non-hydrogen) atoms. The topological polar surface area (TPSA) is 51.2 Å². The van der Waals surface area contributed by atoms with E-state index in [0.29, 0.717) is 16.8 Å². The third-order valence-corrected chi connectivity index (χ3v) is 5.37. The first kappa shape index (κ1) is 21.1. The van der Waals surface area contributed by atoms with E-state index >= 15 is 0 Å². The Morgan fingerprint density at radius 3 is 2.72 bits per heavy atom. The van der Waals surface area contributed by atoms with Crippen molar-refractivity contribution >= 4 is 40.1 Å². The quantitative estimate of drug-likeness (QED) is 0.326. The van der Waals surface area contributed by atoms with Crippen LogP contribution < -0.4 is 10.1 Å². The van der Waals surface area contributed by atoms with Crippen LogP contribution in [0.5, 0.6) is 5.75 Å². The fraction of sp³-hybridized carbons (Fsp3) is 0.217. The Balaban J connectivity index is 1.67. The Morgan fingerprint density at radius 1 is 1.21 bits per heavy atom. The monoisotopic (exact) mass is 426 g/mol. The lowest BCUT2D eigenvalue weighted by Crippen LogP contribution is -2.07. The summed E-state index contributed by atoms with van der Waals surface area (Å²) in [5.74, 6) is 0.546. The van der Waals surface area contributed by atoms with E-state index in [-0.39, 0.29) is 5.91 Å². The van der Waals surface area contributed by atoms with Crippen molar-refractivity contribution in [3.63, 3.8) is 0 Å². The molecular formula is C23H23ClN2O2S. The molecule has 6 heteroatoms. The van der Waals surface area contributed by atoms with E-state index in [2.05, 4.69) is 17.2 Å². The van der Waals surface area contributed by atoms with Crippen LogP contribution in [0.15, 0.2) is 54.6 Å². The highest BCUT2D eigenvalue weighted by Gasteiger charge is 2.11. The van der Waals surface area contributed by atoms with Crippen LogP contribution in [0.25, 0.3) is 17.3 Å². The summed E-state index contributed by atoms with van der Waals surface area (Å²) in [4.78, 5) is 18.0. The zero-order valence-corrected chi connectivity index (χ0v) is 18.0. The zero-order chi connectivity index (χ0) is 20.6. The van der Waals surface area contributed by atoms with Gasteiger partial charge in [0.25, 0.3) is 0 Å². The maximum atomic E-state index is 12.4. The number of unbranched alkanes of at least 4 members (excludes halogenated alkanes) is 1. The number of anilines is 1. The summed E-state index contributed by atoms with van der Waals surface area (Å²) in [5.41, 5.74) is 2.69. The number of benzene rings is 2. The number of carbonyl (C=O) groups excluding carboxylic acids is 1. The normalized spacial score (nSPS) is 11.0. The number of hydrogen-bond acceptors (Lipinski definition) is 4. The van der Waals surface area contributed by atoms with Gasteiger partial charge in [-0.1, -0.05) is 55.3 Å². The average molecular weight is 427 g/mol. The molecule has 0 fully saturated rings. The number of ether oxygens (including phenoxy) is 1. The minimum absolute atomic E-state index is 0.232. The van der Waals surface area contributed by atoms with Gasteiger partial charge in [-0.3, -0.25) is 10.1 Å². The third kappa shape index (κ3) is 5.92. The molecule has 0 aliphatic heterocycles. The van der Waals surface area contributed by atoms with Gasteiger partial charge in [0.05, 0.1) is 12.3 Å². The number of thiazole rings is 1. The predicted molar refractivity (Wildman–Crippen MR) is 122 cm³/mol. The molecule has 3 aromatic rings. The molecule has 2 aromatic carbocycles. The molecule has 0 aliphatic rings. The molecule has 0 bridgehead atoms. The van der Waals surface area contributed by atoms with Crippen LogP contribution >= 0.6 is 22.9 Å². The maximum Gasteiger partial charge on any atom is 0.250 e. The molecule has 3 rings (SSSR count). The lowest BCUT2D eigenvalue weighted by atomic mass is 10.1. The van der Waals surface area contributed by atoms with E-state index in [9.17, 15) is 4.79 Å². The number of nitrogens with one attached hydrogen (secondary N) is 1. The predicted octanol–water partition coefficient (Wildman–Crippen LogP) is 6.60. The number of aromatic nitrogens is 1. The largest absolute Gasteiger partial charge is 0.493 e. The third-order valence-electron chi connectivity index (χ3n) is 4.23. The van der Waals surface area contributed by atoms with Crippen molar-refractivity contribution in [3.05, 3.63) is 70.1 Å². The van der Waals surface area contributed by atoms with Gasteiger partial charge in [-0.15, -0.1) is 11.3 Å². The van der Waals surface area contributed by atoms with Crippen molar-refractivity contribution in [2.75, 3.05) is 11.9 Å². The first-order chi connectivity index (χ1) is 14.1. The van der Waals surface area contributed by atoms with Gasteiger partial charge >= 0.3 is 0 Å². The van der Waals surface area contributed by atoms with Crippen LogP contribution in [0.1, 0.15) is 30.2 Å².